The first-order valence-electron chi connectivity index (χ1n) is 6.46. The Hall–Kier alpha value is -2.02. The van der Waals surface area contributed by atoms with E-state index in [1.165, 1.54) is 18.9 Å². The molecule has 0 amide bonds. The average Bonchev–Trinajstić information content (AvgIpc) is 2.95. The fourth-order valence-corrected chi connectivity index (χ4v) is 2.65. The number of carbonyl (C=O) groups is 1. The molecule has 6 nitrogen and oxygen atoms in total. The lowest BCUT2D eigenvalue weighted by Gasteiger charge is -2.07. The SMILES string of the molecule is CCn1c(SCC(=O)OC)nnc1-c1ccc(OC)cc1. The van der Waals surface area contributed by atoms with Gasteiger partial charge in [0.15, 0.2) is 11.0 Å². The highest BCUT2D eigenvalue weighted by Gasteiger charge is 2.14. The number of methoxy groups -OCH3 is 2. The van der Waals surface area contributed by atoms with Crippen molar-refractivity contribution in [3.8, 4) is 17.1 Å². The van der Waals surface area contributed by atoms with Gasteiger partial charge in [-0.05, 0) is 31.2 Å². The molecule has 1 aromatic heterocycles. The third-order valence-corrected chi connectivity index (χ3v) is 3.87. The average molecular weight is 307 g/mol. The fraction of sp³-hybridized carbons (Fsp3) is 0.357. The summed E-state index contributed by atoms with van der Waals surface area (Å²) >= 11 is 1.32. The van der Waals surface area contributed by atoms with Crippen LogP contribution in [0, 0.1) is 0 Å². The van der Waals surface area contributed by atoms with Crippen molar-refractivity contribution in [1.29, 1.82) is 0 Å². The van der Waals surface area contributed by atoms with Crippen molar-refractivity contribution < 1.29 is 14.3 Å². The number of benzene rings is 1. The van der Waals surface area contributed by atoms with E-state index in [4.69, 9.17) is 4.74 Å². The fourth-order valence-electron chi connectivity index (χ4n) is 1.82. The van der Waals surface area contributed by atoms with Crippen LogP contribution in [0.1, 0.15) is 6.92 Å². The van der Waals surface area contributed by atoms with E-state index in [-0.39, 0.29) is 11.7 Å². The van der Waals surface area contributed by atoms with Crippen LogP contribution in [0.5, 0.6) is 5.75 Å². The summed E-state index contributed by atoms with van der Waals surface area (Å²) in [6.45, 7) is 2.73. The summed E-state index contributed by atoms with van der Waals surface area (Å²) in [6, 6.07) is 7.63. The minimum absolute atomic E-state index is 0.219. The van der Waals surface area contributed by atoms with Gasteiger partial charge in [-0.1, -0.05) is 11.8 Å². The summed E-state index contributed by atoms with van der Waals surface area (Å²) in [4.78, 5) is 11.2. The van der Waals surface area contributed by atoms with E-state index >= 15 is 0 Å². The van der Waals surface area contributed by atoms with Crippen molar-refractivity contribution in [2.24, 2.45) is 0 Å². The summed E-state index contributed by atoms with van der Waals surface area (Å²) < 4.78 is 11.7. The van der Waals surface area contributed by atoms with Crippen molar-refractivity contribution in [3.63, 3.8) is 0 Å². The molecule has 0 aliphatic heterocycles. The molecule has 21 heavy (non-hydrogen) atoms. The minimum atomic E-state index is -0.281. The van der Waals surface area contributed by atoms with E-state index in [2.05, 4.69) is 14.9 Å². The lowest BCUT2D eigenvalue weighted by molar-refractivity contribution is -0.137. The number of carbonyl (C=O) groups excluding carboxylic acids is 1. The Morgan fingerprint density at radius 3 is 2.52 bits per heavy atom. The highest BCUT2D eigenvalue weighted by molar-refractivity contribution is 7.99. The molecule has 0 fully saturated rings. The van der Waals surface area contributed by atoms with Gasteiger partial charge in [-0.3, -0.25) is 4.79 Å². The molecule has 2 rings (SSSR count). The van der Waals surface area contributed by atoms with Gasteiger partial charge in [0, 0.05) is 12.1 Å². The van der Waals surface area contributed by atoms with E-state index in [1.54, 1.807) is 7.11 Å². The van der Waals surface area contributed by atoms with Crippen LogP contribution in [-0.2, 0) is 16.1 Å². The van der Waals surface area contributed by atoms with Crippen LogP contribution in [0.2, 0.25) is 0 Å². The predicted molar refractivity (Wildman–Crippen MR) is 80.4 cm³/mol. The number of nitrogens with zero attached hydrogens (tertiary/aromatic N) is 3. The molecule has 112 valence electrons. The Balaban J connectivity index is 2.23. The van der Waals surface area contributed by atoms with Gasteiger partial charge in [-0.15, -0.1) is 10.2 Å². The predicted octanol–water partition coefficient (Wildman–Crippen LogP) is 2.24. The molecule has 0 saturated carbocycles. The molecule has 0 spiro atoms. The zero-order chi connectivity index (χ0) is 15.2. The molecule has 0 aliphatic carbocycles. The lowest BCUT2D eigenvalue weighted by atomic mass is 10.2. The van der Waals surface area contributed by atoms with Crippen molar-refractivity contribution in [2.75, 3.05) is 20.0 Å². The Labute approximate surface area is 127 Å². The molecule has 0 saturated heterocycles. The molecular formula is C14H17N3O3S. The van der Waals surface area contributed by atoms with Gasteiger partial charge < -0.3 is 14.0 Å². The largest absolute Gasteiger partial charge is 0.497 e. The van der Waals surface area contributed by atoms with Crippen LogP contribution in [0.15, 0.2) is 29.4 Å². The van der Waals surface area contributed by atoms with Crippen LogP contribution in [0.3, 0.4) is 0 Å². The molecule has 7 heteroatoms. The topological polar surface area (TPSA) is 66.2 Å². The molecule has 0 N–H and O–H groups in total. The van der Waals surface area contributed by atoms with Crippen molar-refractivity contribution >= 4 is 17.7 Å². The highest BCUT2D eigenvalue weighted by atomic mass is 32.2. The molecule has 0 unspecified atom stereocenters. The van der Waals surface area contributed by atoms with E-state index in [0.717, 1.165) is 23.7 Å². The summed E-state index contributed by atoms with van der Waals surface area (Å²) in [5, 5.41) is 9.07. The third kappa shape index (κ3) is 3.55. The molecule has 0 aliphatic rings. The van der Waals surface area contributed by atoms with E-state index in [0.29, 0.717) is 5.16 Å². The van der Waals surface area contributed by atoms with Gasteiger partial charge in [0.1, 0.15) is 5.75 Å². The number of hydrogen-bond acceptors (Lipinski definition) is 6. The summed E-state index contributed by atoms with van der Waals surface area (Å²) in [6.07, 6.45) is 0. The van der Waals surface area contributed by atoms with Crippen LogP contribution in [-0.4, -0.2) is 40.7 Å². The summed E-state index contributed by atoms with van der Waals surface area (Å²) in [5.41, 5.74) is 0.954. The number of rotatable bonds is 6. The van der Waals surface area contributed by atoms with Crippen LogP contribution < -0.4 is 4.74 Å². The summed E-state index contributed by atoms with van der Waals surface area (Å²) in [5.74, 6) is 1.50. The van der Waals surface area contributed by atoms with Crippen molar-refractivity contribution in [1.82, 2.24) is 14.8 Å². The normalized spacial score (nSPS) is 10.4. The molecule has 1 aromatic carbocycles. The zero-order valence-electron chi connectivity index (χ0n) is 12.2. The third-order valence-electron chi connectivity index (χ3n) is 2.93. The molecule has 0 bridgehead atoms. The smallest absolute Gasteiger partial charge is 0.316 e. The number of aromatic nitrogens is 3. The maximum atomic E-state index is 11.2. The van der Waals surface area contributed by atoms with Gasteiger partial charge in [0.05, 0.1) is 20.0 Å². The highest BCUT2D eigenvalue weighted by Crippen LogP contribution is 2.25. The van der Waals surface area contributed by atoms with Crippen LogP contribution >= 0.6 is 11.8 Å². The van der Waals surface area contributed by atoms with E-state index in [1.807, 2.05) is 35.8 Å². The Bertz CT molecular complexity index is 610. The van der Waals surface area contributed by atoms with Crippen molar-refractivity contribution in [2.45, 2.75) is 18.6 Å². The number of esters is 1. The monoisotopic (exact) mass is 307 g/mol. The van der Waals surface area contributed by atoms with Crippen molar-refractivity contribution in [3.05, 3.63) is 24.3 Å². The van der Waals surface area contributed by atoms with Gasteiger partial charge in [0.2, 0.25) is 0 Å². The second-order valence-electron chi connectivity index (χ2n) is 4.14. The maximum Gasteiger partial charge on any atom is 0.316 e. The lowest BCUT2D eigenvalue weighted by Crippen LogP contribution is -2.05. The molecule has 2 aromatic rings. The zero-order valence-corrected chi connectivity index (χ0v) is 13.0. The Morgan fingerprint density at radius 1 is 1.24 bits per heavy atom. The van der Waals surface area contributed by atoms with E-state index < -0.39 is 0 Å². The number of hydrogen-bond donors (Lipinski definition) is 0. The standard InChI is InChI=1S/C14H17N3O3S/c1-4-17-13(10-5-7-11(19-2)8-6-10)15-16-14(17)21-9-12(18)20-3/h5-8H,4,9H2,1-3H3. The first kappa shape index (κ1) is 15.4. The van der Waals surface area contributed by atoms with Gasteiger partial charge in [-0.25, -0.2) is 0 Å². The molecular weight excluding hydrogens is 290 g/mol. The summed E-state index contributed by atoms with van der Waals surface area (Å²) in [7, 11) is 3.00. The van der Waals surface area contributed by atoms with Gasteiger partial charge in [0.25, 0.3) is 0 Å². The number of thioether (sulfide) groups is 1. The second kappa shape index (κ2) is 7.12. The van der Waals surface area contributed by atoms with Crippen LogP contribution in [0.4, 0.5) is 0 Å². The van der Waals surface area contributed by atoms with Crippen LogP contribution in [0.25, 0.3) is 11.4 Å². The quantitative estimate of drug-likeness (QED) is 0.602. The second-order valence-corrected chi connectivity index (χ2v) is 5.09. The Morgan fingerprint density at radius 2 is 1.95 bits per heavy atom. The molecule has 0 atom stereocenters. The van der Waals surface area contributed by atoms with Gasteiger partial charge >= 0.3 is 5.97 Å². The molecule has 0 radical (unpaired) electrons. The minimum Gasteiger partial charge on any atom is -0.497 e. The van der Waals surface area contributed by atoms with E-state index in [9.17, 15) is 4.79 Å². The Kier molecular flexibility index (Phi) is 5.21. The van der Waals surface area contributed by atoms with Gasteiger partial charge in [-0.2, -0.15) is 0 Å². The first-order chi connectivity index (χ1) is 10.2. The maximum absolute atomic E-state index is 11.2. The number of ether oxygens (including phenoxy) is 2. The first-order valence-corrected chi connectivity index (χ1v) is 7.45. The molecule has 1 heterocycles.